The fourth-order valence-corrected chi connectivity index (χ4v) is 3.24. The van der Waals surface area contributed by atoms with Gasteiger partial charge in [0.25, 0.3) is 0 Å². The number of methoxy groups -OCH3 is 1. The lowest BCUT2D eigenvalue weighted by Crippen LogP contribution is -2.24. The summed E-state index contributed by atoms with van der Waals surface area (Å²) < 4.78 is 35.3. The maximum Gasteiger partial charge on any atom is 0.339 e. The van der Waals surface area contributed by atoms with Gasteiger partial charge in [-0.3, -0.25) is 5.43 Å². The van der Waals surface area contributed by atoms with Crippen molar-refractivity contribution in [1.82, 2.24) is 5.43 Å². The van der Waals surface area contributed by atoms with Crippen molar-refractivity contribution in [2.75, 3.05) is 7.11 Å². The van der Waals surface area contributed by atoms with E-state index in [9.17, 15) is 8.42 Å². The first kappa shape index (κ1) is 20.0. The molecule has 0 spiro atoms. The van der Waals surface area contributed by atoms with E-state index in [4.69, 9.17) is 26.3 Å². The van der Waals surface area contributed by atoms with Crippen LogP contribution in [0.15, 0.2) is 46.4 Å². The average Bonchev–Trinajstić information content (AvgIpc) is 2.57. The van der Waals surface area contributed by atoms with E-state index in [0.29, 0.717) is 5.56 Å². The molecule has 0 saturated carbocycles. The zero-order chi connectivity index (χ0) is 19.3. The van der Waals surface area contributed by atoms with Gasteiger partial charge >= 0.3 is 10.1 Å². The zero-order valence-electron chi connectivity index (χ0n) is 13.9. The molecule has 0 amide bonds. The molecule has 0 unspecified atom stereocenters. The first-order valence-corrected chi connectivity index (χ1v) is 9.39. The molecule has 0 atom stereocenters. The minimum Gasteiger partial charge on any atom is -0.493 e. The largest absolute Gasteiger partial charge is 0.493 e. The summed E-state index contributed by atoms with van der Waals surface area (Å²) in [5.41, 5.74) is 9.12. The third kappa shape index (κ3) is 5.07. The van der Waals surface area contributed by atoms with Crippen LogP contribution in [0.5, 0.6) is 11.5 Å². The summed E-state index contributed by atoms with van der Waals surface area (Å²) in [6, 6.07) is 9.22. The van der Waals surface area contributed by atoms with E-state index >= 15 is 0 Å². The van der Waals surface area contributed by atoms with Crippen molar-refractivity contribution in [3.05, 3.63) is 52.5 Å². The highest BCUT2D eigenvalue weighted by molar-refractivity contribution is 7.87. The lowest BCUT2D eigenvalue weighted by atomic mass is 10.2. The fraction of sp³-hybridized carbons (Fsp3) is 0.125. The molecule has 2 aromatic rings. The van der Waals surface area contributed by atoms with E-state index in [1.165, 1.54) is 37.6 Å². The molecule has 0 aliphatic carbocycles. The summed E-state index contributed by atoms with van der Waals surface area (Å²) in [7, 11) is -2.70. The van der Waals surface area contributed by atoms with E-state index in [1.54, 1.807) is 12.1 Å². The van der Waals surface area contributed by atoms with Gasteiger partial charge in [0.2, 0.25) is 5.75 Å². The van der Waals surface area contributed by atoms with Crippen molar-refractivity contribution in [2.45, 2.75) is 11.8 Å². The lowest BCUT2D eigenvalue weighted by Gasteiger charge is -2.13. The van der Waals surface area contributed by atoms with E-state index in [0.717, 1.165) is 5.56 Å². The van der Waals surface area contributed by atoms with Crippen LogP contribution in [0.4, 0.5) is 0 Å². The van der Waals surface area contributed by atoms with E-state index in [1.807, 2.05) is 6.92 Å². The molecule has 0 aliphatic rings. The zero-order valence-corrected chi connectivity index (χ0v) is 16.3. The molecule has 2 aromatic carbocycles. The number of ether oxygens (including phenoxy) is 1. The summed E-state index contributed by atoms with van der Waals surface area (Å²) in [5, 5.41) is 3.85. The molecule has 0 aromatic heterocycles. The van der Waals surface area contributed by atoms with Crippen molar-refractivity contribution in [3.8, 4) is 11.5 Å². The van der Waals surface area contributed by atoms with Crippen LogP contribution >= 0.6 is 23.8 Å². The standard InChI is InChI=1S/C16H16ClN3O4S2/c1-10-3-5-12(6-4-10)26(21,22)24-15-13(17)7-11(8-14(15)23-2)9-19-20-16(18)25/h3-9H,1-2H3,(H3,18,20,25)/b19-9-. The predicted octanol–water partition coefficient (Wildman–Crippen LogP) is 2.59. The summed E-state index contributed by atoms with van der Waals surface area (Å²) in [4.78, 5) is 0.00696. The highest BCUT2D eigenvalue weighted by Crippen LogP contribution is 2.38. The van der Waals surface area contributed by atoms with Crippen LogP contribution in [0.25, 0.3) is 0 Å². The number of thiocarbonyl (C=S) groups is 1. The minimum absolute atomic E-state index is 0.00320. The van der Waals surface area contributed by atoms with Crippen LogP contribution in [0.1, 0.15) is 11.1 Å². The van der Waals surface area contributed by atoms with Crippen molar-refractivity contribution in [2.24, 2.45) is 10.8 Å². The number of nitrogens with two attached hydrogens (primary N) is 1. The summed E-state index contributed by atoms with van der Waals surface area (Å²) in [5.74, 6) is 0.0131. The van der Waals surface area contributed by atoms with Gasteiger partial charge in [-0.2, -0.15) is 13.5 Å². The number of hydrogen-bond donors (Lipinski definition) is 2. The van der Waals surface area contributed by atoms with Gasteiger partial charge < -0.3 is 14.7 Å². The molecule has 0 fully saturated rings. The summed E-state index contributed by atoms with van der Waals surface area (Å²) in [6.45, 7) is 1.85. The molecule has 3 N–H and O–H groups in total. The normalized spacial score (nSPS) is 11.3. The number of rotatable bonds is 6. The number of halogens is 1. The van der Waals surface area contributed by atoms with Gasteiger partial charge in [-0.1, -0.05) is 29.3 Å². The Morgan fingerprint density at radius 1 is 1.31 bits per heavy atom. The number of hydrazone groups is 1. The molecule has 0 radical (unpaired) electrons. The van der Waals surface area contributed by atoms with Crippen LogP contribution in [-0.4, -0.2) is 26.9 Å². The molecule has 2 rings (SSSR count). The molecule has 7 nitrogen and oxygen atoms in total. The predicted molar refractivity (Wildman–Crippen MR) is 105 cm³/mol. The molecule has 0 saturated heterocycles. The number of nitrogens with zero attached hydrogens (tertiary/aromatic N) is 1. The molecule has 0 bridgehead atoms. The Labute approximate surface area is 161 Å². The van der Waals surface area contributed by atoms with Crippen molar-refractivity contribution in [3.63, 3.8) is 0 Å². The molecule has 138 valence electrons. The Kier molecular flexibility index (Phi) is 6.41. The summed E-state index contributed by atoms with van der Waals surface area (Å²) >= 11 is 10.8. The Hall–Kier alpha value is -2.36. The smallest absolute Gasteiger partial charge is 0.339 e. The lowest BCUT2D eigenvalue weighted by molar-refractivity contribution is 0.390. The highest BCUT2D eigenvalue weighted by Gasteiger charge is 2.22. The number of nitrogens with one attached hydrogen (secondary N) is 1. The van der Waals surface area contributed by atoms with Crippen molar-refractivity contribution >= 4 is 45.3 Å². The summed E-state index contributed by atoms with van der Waals surface area (Å²) in [6.07, 6.45) is 1.39. The highest BCUT2D eigenvalue weighted by atomic mass is 35.5. The number of aryl methyl sites for hydroxylation is 1. The molecule has 0 aliphatic heterocycles. The van der Waals surface area contributed by atoms with E-state index < -0.39 is 10.1 Å². The van der Waals surface area contributed by atoms with Gasteiger partial charge in [-0.15, -0.1) is 0 Å². The van der Waals surface area contributed by atoms with Crippen LogP contribution in [0.2, 0.25) is 5.02 Å². The van der Waals surface area contributed by atoms with Crippen LogP contribution in [-0.2, 0) is 10.1 Å². The van der Waals surface area contributed by atoms with Gasteiger partial charge in [0.05, 0.1) is 18.3 Å². The second-order valence-electron chi connectivity index (χ2n) is 5.12. The minimum atomic E-state index is -4.07. The topological polar surface area (TPSA) is 103 Å². The van der Waals surface area contributed by atoms with Gasteiger partial charge in [0.1, 0.15) is 4.90 Å². The monoisotopic (exact) mass is 413 g/mol. The third-order valence-corrected chi connectivity index (χ3v) is 4.75. The first-order chi connectivity index (χ1) is 12.2. The van der Waals surface area contributed by atoms with Crippen molar-refractivity contribution in [1.29, 1.82) is 0 Å². The molecule has 10 heteroatoms. The SMILES string of the molecule is COc1cc(/C=N\NC(N)=S)cc(Cl)c1OS(=O)(=O)c1ccc(C)cc1. The first-order valence-electron chi connectivity index (χ1n) is 7.20. The van der Waals surface area contributed by atoms with Crippen LogP contribution in [0, 0.1) is 6.92 Å². The second kappa shape index (κ2) is 8.35. The van der Waals surface area contributed by atoms with Crippen molar-refractivity contribution < 1.29 is 17.3 Å². The van der Waals surface area contributed by atoms with Crippen LogP contribution < -0.4 is 20.1 Å². The maximum absolute atomic E-state index is 12.5. The Bertz CT molecular complexity index is 945. The van der Waals surface area contributed by atoms with Gasteiger partial charge in [-0.25, -0.2) is 0 Å². The Morgan fingerprint density at radius 2 is 1.96 bits per heavy atom. The maximum atomic E-state index is 12.5. The van der Waals surface area contributed by atoms with E-state index in [2.05, 4.69) is 22.7 Å². The fourth-order valence-electron chi connectivity index (χ4n) is 1.93. The van der Waals surface area contributed by atoms with E-state index in [-0.39, 0.29) is 26.5 Å². The average molecular weight is 414 g/mol. The molecular formula is C16H16ClN3O4S2. The molecule has 26 heavy (non-hydrogen) atoms. The van der Waals surface area contributed by atoms with Gasteiger partial charge in [0, 0.05) is 0 Å². The van der Waals surface area contributed by atoms with Gasteiger partial charge in [0.15, 0.2) is 10.9 Å². The quantitative estimate of drug-likeness (QED) is 0.324. The Balaban J connectivity index is 2.35. The second-order valence-corrected chi connectivity index (χ2v) is 7.51. The number of hydrogen-bond acceptors (Lipinski definition) is 6. The molecule has 0 heterocycles. The third-order valence-electron chi connectivity index (χ3n) is 3.14. The Morgan fingerprint density at radius 3 is 2.54 bits per heavy atom. The van der Waals surface area contributed by atoms with Gasteiger partial charge in [-0.05, 0) is 49.0 Å². The number of benzene rings is 2. The van der Waals surface area contributed by atoms with Crippen LogP contribution in [0.3, 0.4) is 0 Å². The molecular weight excluding hydrogens is 398 g/mol.